The van der Waals surface area contributed by atoms with E-state index < -0.39 is 0 Å². The molecule has 0 aliphatic rings. The van der Waals surface area contributed by atoms with Crippen molar-refractivity contribution in [3.8, 4) is 0 Å². The molecular weight excluding hydrogens is 170 g/mol. The molecule has 70 valence electrons. The molecule has 0 spiro atoms. The minimum absolute atomic E-state index is 0.0609. The lowest BCUT2D eigenvalue weighted by molar-refractivity contribution is -0.120. The summed E-state index contributed by atoms with van der Waals surface area (Å²) in [5.74, 6) is -0.198. The molecule has 13 heavy (non-hydrogen) atoms. The van der Waals surface area contributed by atoms with Crippen molar-refractivity contribution in [3.05, 3.63) is 18.7 Å². The fourth-order valence-corrected chi connectivity index (χ4v) is 0.755. The zero-order valence-electron chi connectivity index (χ0n) is 7.36. The number of carbonyl (C=O) groups is 1. The number of hydrogen-bond acceptors (Lipinski definition) is 4. The van der Waals surface area contributed by atoms with Crippen LogP contribution >= 0.6 is 0 Å². The summed E-state index contributed by atoms with van der Waals surface area (Å²) < 4.78 is 4.91. The molecule has 0 fully saturated rings. The lowest BCUT2D eigenvalue weighted by Gasteiger charge is -2.02. The third-order valence-corrected chi connectivity index (χ3v) is 1.28. The van der Waals surface area contributed by atoms with Crippen molar-refractivity contribution in [2.24, 2.45) is 0 Å². The maximum absolute atomic E-state index is 11.1. The molecular formula is C8H11N3O2. The predicted octanol–water partition coefficient (Wildman–Crippen LogP) is 0.452. The second-order valence-electron chi connectivity index (χ2n) is 2.31. The van der Waals surface area contributed by atoms with Gasteiger partial charge in [-0.25, -0.2) is 9.97 Å². The van der Waals surface area contributed by atoms with Crippen molar-refractivity contribution in [2.45, 2.75) is 6.92 Å². The number of nitrogens with one attached hydrogen (secondary N) is 1. The summed E-state index contributed by atoms with van der Waals surface area (Å²) in [6.45, 7) is 2.42. The first-order valence-corrected chi connectivity index (χ1v) is 3.95. The minimum atomic E-state index is -0.198. The first kappa shape index (κ1) is 9.60. The number of rotatable bonds is 4. The Morgan fingerprint density at radius 1 is 1.54 bits per heavy atom. The van der Waals surface area contributed by atoms with Crippen LogP contribution in [0.5, 0.6) is 0 Å². The molecule has 1 heterocycles. The van der Waals surface area contributed by atoms with Crippen molar-refractivity contribution in [2.75, 3.05) is 18.5 Å². The fraction of sp³-hybridized carbons (Fsp3) is 0.375. The number of nitrogens with zero attached hydrogens (tertiary/aromatic N) is 2. The van der Waals surface area contributed by atoms with Gasteiger partial charge in [-0.2, -0.15) is 0 Å². The van der Waals surface area contributed by atoms with Gasteiger partial charge in [0.1, 0.15) is 12.9 Å². The molecule has 0 aromatic carbocycles. The highest BCUT2D eigenvalue weighted by atomic mass is 16.5. The van der Waals surface area contributed by atoms with Crippen molar-refractivity contribution < 1.29 is 9.53 Å². The minimum Gasteiger partial charge on any atom is -0.372 e. The van der Waals surface area contributed by atoms with Crippen LogP contribution in [0.15, 0.2) is 18.7 Å². The van der Waals surface area contributed by atoms with Crippen molar-refractivity contribution >= 4 is 11.6 Å². The molecule has 0 atom stereocenters. The molecule has 0 saturated carbocycles. The molecule has 5 heteroatoms. The Hall–Kier alpha value is -1.49. The second kappa shape index (κ2) is 5.21. The maximum atomic E-state index is 11.1. The van der Waals surface area contributed by atoms with Crippen LogP contribution in [0, 0.1) is 0 Å². The summed E-state index contributed by atoms with van der Waals surface area (Å²) in [7, 11) is 0. The molecule has 1 aromatic heterocycles. The number of ether oxygens (including phenoxy) is 1. The number of hydrogen-bond donors (Lipinski definition) is 1. The van der Waals surface area contributed by atoms with Crippen LogP contribution in [0.25, 0.3) is 0 Å². The highest BCUT2D eigenvalue weighted by Gasteiger charge is 2.00. The highest BCUT2D eigenvalue weighted by Crippen LogP contribution is 1.99. The van der Waals surface area contributed by atoms with E-state index in [1.165, 1.54) is 18.7 Å². The molecule has 1 rings (SSSR count). The van der Waals surface area contributed by atoms with Gasteiger partial charge in [-0.05, 0) is 6.92 Å². The topological polar surface area (TPSA) is 64.1 Å². The Morgan fingerprint density at radius 3 is 2.85 bits per heavy atom. The van der Waals surface area contributed by atoms with Gasteiger partial charge in [0.25, 0.3) is 0 Å². The molecule has 0 unspecified atom stereocenters. The van der Waals surface area contributed by atoms with E-state index in [1.54, 1.807) is 0 Å². The van der Waals surface area contributed by atoms with Crippen LogP contribution in [0.3, 0.4) is 0 Å². The summed E-state index contributed by atoms with van der Waals surface area (Å²) >= 11 is 0. The van der Waals surface area contributed by atoms with Crippen LogP contribution in [0.4, 0.5) is 5.69 Å². The average molecular weight is 181 g/mol. The molecule has 0 radical (unpaired) electrons. The molecule has 0 aliphatic heterocycles. The van der Waals surface area contributed by atoms with E-state index in [0.717, 1.165) is 0 Å². The number of aromatic nitrogens is 2. The molecule has 0 saturated heterocycles. The van der Waals surface area contributed by atoms with Gasteiger partial charge in [-0.1, -0.05) is 0 Å². The van der Waals surface area contributed by atoms with Gasteiger partial charge in [0.15, 0.2) is 0 Å². The molecule has 0 aliphatic carbocycles. The van der Waals surface area contributed by atoms with Crippen LogP contribution < -0.4 is 5.32 Å². The van der Waals surface area contributed by atoms with E-state index >= 15 is 0 Å². The SMILES string of the molecule is CCOCC(=O)Nc1cncnc1. The van der Waals surface area contributed by atoms with Crippen LogP contribution in [0.2, 0.25) is 0 Å². The van der Waals surface area contributed by atoms with Crippen molar-refractivity contribution in [1.82, 2.24) is 9.97 Å². The summed E-state index contributed by atoms with van der Waals surface area (Å²) in [4.78, 5) is 18.6. The Labute approximate surface area is 76.2 Å². The first-order chi connectivity index (χ1) is 6.33. The molecule has 1 amide bonds. The standard InChI is InChI=1S/C8H11N3O2/c1-2-13-5-8(12)11-7-3-9-6-10-4-7/h3-4,6H,2,5H2,1H3,(H,11,12). The number of anilines is 1. The van der Waals surface area contributed by atoms with Gasteiger partial charge < -0.3 is 10.1 Å². The summed E-state index contributed by atoms with van der Waals surface area (Å²) in [5, 5.41) is 2.59. The molecule has 1 aromatic rings. The van der Waals surface area contributed by atoms with E-state index in [1.807, 2.05) is 6.92 Å². The average Bonchev–Trinajstić information content (AvgIpc) is 2.16. The summed E-state index contributed by atoms with van der Waals surface area (Å²) in [5.41, 5.74) is 0.576. The van der Waals surface area contributed by atoms with E-state index in [4.69, 9.17) is 4.74 Å². The van der Waals surface area contributed by atoms with Gasteiger partial charge in [0.2, 0.25) is 5.91 Å². The molecule has 0 bridgehead atoms. The lowest BCUT2D eigenvalue weighted by atomic mass is 10.5. The maximum Gasteiger partial charge on any atom is 0.250 e. The van der Waals surface area contributed by atoms with Crippen LogP contribution in [0.1, 0.15) is 6.92 Å². The van der Waals surface area contributed by atoms with E-state index in [0.29, 0.717) is 12.3 Å². The van der Waals surface area contributed by atoms with Gasteiger partial charge in [-0.15, -0.1) is 0 Å². The Bertz CT molecular complexity index is 263. The van der Waals surface area contributed by atoms with Crippen LogP contribution in [-0.2, 0) is 9.53 Å². The lowest BCUT2D eigenvalue weighted by Crippen LogP contribution is -2.18. The molecule has 1 N–H and O–H groups in total. The monoisotopic (exact) mass is 181 g/mol. The van der Waals surface area contributed by atoms with Gasteiger partial charge in [-0.3, -0.25) is 4.79 Å². The first-order valence-electron chi connectivity index (χ1n) is 3.95. The largest absolute Gasteiger partial charge is 0.372 e. The predicted molar refractivity (Wildman–Crippen MR) is 47.2 cm³/mol. The van der Waals surface area contributed by atoms with E-state index in [2.05, 4.69) is 15.3 Å². The third kappa shape index (κ3) is 3.62. The van der Waals surface area contributed by atoms with Crippen LogP contribution in [-0.4, -0.2) is 29.1 Å². The smallest absolute Gasteiger partial charge is 0.250 e. The number of amides is 1. The van der Waals surface area contributed by atoms with Gasteiger partial charge in [0.05, 0.1) is 18.1 Å². The van der Waals surface area contributed by atoms with E-state index in [9.17, 15) is 4.79 Å². The third-order valence-electron chi connectivity index (χ3n) is 1.28. The quantitative estimate of drug-likeness (QED) is 0.732. The Morgan fingerprint density at radius 2 is 2.23 bits per heavy atom. The Balaban J connectivity index is 2.37. The Kier molecular flexibility index (Phi) is 3.84. The summed E-state index contributed by atoms with van der Waals surface area (Å²) in [6, 6.07) is 0. The van der Waals surface area contributed by atoms with E-state index in [-0.39, 0.29) is 12.5 Å². The highest BCUT2D eigenvalue weighted by molar-refractivity contribution is 5.91. The summed E-state index contributed by atoms with van der Waals surface area (Å²) in [6.07, 6.45) is 4.45. The fourth-order valence-electron chi connectivity index (χ4n) is 0.755. The van der Waals surface area contributed by atoms with Gasteiger partial charge >= 0.3 is 0 Å². The normalized spacial score (nSPS) is 9.62. The number of carbonyl (C=O) groups excluding carboxylic acids is 1. The zero-order chi connectivity index (χ0) is 9.52. The second-order valence-corrected chi connectivity index (χ2v) is 2.31. The zero-order valence-corrected chi connectivity index (χ0v) is 7.36. The van der Waals surface area contributed by atoms with Crippen molar-refractivity contribution in [3.63, 3.8) is 0 Å². The van der Waals surface area contributed by atoms with Crippen molar-refractivity contribution in [1.29, 1.82) is 0 Å². The molecule has 5 nitrogen and oxygen atoms in total. The van der Waals surface area contributed by atoms with Gasteiger partial charge in [0, 0.05) is 6.61 Å².